The van der Waals surface area contributed by atoms with Gasteiger partial charge in [0.1, 0.15) is 11.6 Å². The molecule has 0 saturated carbocycles. The topological polar surface area (TPSA) is 81.3 Å². The van der Waals surface area contributed by atoms with Crippen LogP contribution in [-0.4, -0.2) is 58.5 Å². The lowest BCUT2D eigenvalue weighted by atomic mass is 10.1. The lowest BCUT2D eigenvalue weighted by Crippen LogP contribution is -2.51. The normalized spacial score (nSPS) is 14.8. The van der Waals surface area contributed by atoms with E-state index in [4.69, 9.17) is 0 Å². The molecule has 8 heteroatoms. The highest BCUT2D eigenvalue weighted by Crippen LogP contribution is 2.09. The summed E-state index contributed by atoms with van der Waals surface area (Å²) in [6.45, 7) is 3.69. The number of carbonyl (C=O) groups excluding carboxylic acids is 1. The summed E-state index contributed by atoms with van der Waals surface area (Å²) in [6, 6.07) is 13.5. The number of carbonyl (C=O) groups is 1. The average Bonchev–Trinajstić information content (AvgIpc) is 2.76. The number of aromatic nitrogens is 2. The fraction of sp³-hybridized carbons (Fsp3) is 0.318. The Labute approximate surface area is 173 Å². The van der Waals surface area contributed by atoms with Gasteiger partial charge in [-0.3, -0.25) is 9.69 Å². The van der Waals surface area contributed by atoms with Crippen LogP contribution >= 0.6 is 0 Å². The maximum atomic E-state index is 12.9. The van der Waals surface area contributed by atoms with E-state index in [1.807, 2.05) is 18.2 Å². The van der Waals surface area contributed by atoms with Gasteiger partial charge in [0.15, 0.2) is 0 Å². The number of hydrogen-bond acceptors (Lipinski definition) is 4. The smallest absolute Gasteiger partial charge is 0.317 e. The summed E-state index contributed by atoms with van der Waals surface area (Å²) in [7, 11) is 0. The third kappa shape index (κ3) is 4.83. The molecule has 2 N–H and O–H groups in total. The molecule has 2 aromatic carbocycles. The summed E-state index contributed by atoms with van der Waals surface area (Å²) in [5.41, 5.74) is 1.54. The molecule has 2 heterocycles. The molecule has 0 atom stereocenters. The molecule has 1 aromatic heterocycles. The van der Waals surface area contributed by atoms with Crippen molar-refractivity contribution in [1.82, 2.24) is 25.1 Å². The van der Waals surface area contributed by atoms with Crippen LogP contribution in [0.25, 0.3) is 10.9 Å². The van der Waals surface area contributed by atoms with Crippen LogP contribution in [0.1, 0.15) is 11.4 Å². The summed E-state index contributed by atoms with van der Waals surface area (Å²) in [4.78, 5) is 35.9. The van der Waals surface area contributed by atoms with Crippen LogP contribution in [0.5, 0.6) is 0 Å². The standard InChI is InChI=1S/C22H24FN5O2/c23-17-7-5-16(6-8-17)9-10-24-22(30)28-13-11-27(12-14-28)15-20-25-19-4-2-1-3-18(19)21(29)26-20/h1-8H,9-15H2,(H,24,30)(H,25,26,29). The average molecular weight is 409 g/mol. The Hall–Kier alpha value is -3.26. The van der Waals surface area contributed by atoms with E-state index in [1.54, 1.807) is 23.1 Å². The molecule has 0 aliphatic carbocycles. The van der Waals surface area contributed by atoms with Crippen molar-refractivity contribution in [3.05, 3.63) is 76.1 Å². The maximum absolute atomic E-state index is 12.9. The third-order valence-corrected chi connectivity index (χ3v) is 5.30. The van der Waals surface area contributed by atoms with E-state index in [2.05, 4.69) is 20.2 Å². The van der Waals surface area contributed by atoms with Gasteiger partial charge in [-0.1, -0.05) is 24.3 Å². The summed E-state index contributed by atoms with van der Waals surface area (Å²) in [5, 5.41) is 3.51. The van der Waals surface area contributed by atoms with Crippen molar-refractivity contribution in [3.63, 3.8) is 0 Å². The van der Waals surface area contributed by atoms with Crippen LogP contribution in [0.15, 0.2) is 53.3 Å². The van der Waals surface area contributed by atoms with E-state index in [9.17, 15) is 14.0 Å². The Bertz CT molecular complexity index is 1070. The second-order valence-electron chi connectivity index (χ2n) is 7.40. The zero-order valence-electron chi connectivity index (χ0n) is 16.6. The van der Waals surface area contributed by atoms with Crippen LogP contribution < -0.4 is 10.9 Å². The van der Waals surface area contributed by atoms with Crippen molar-refractivity contribution < 1.29 is 9.18 Å². The Kier molecular flexibility index (Phi) is 6.04. The van der Waals surface area contributed by atoms with E-state index < -0.39 is 0 Å². The number of fused-ring (bicyclic) bond motifs is 1. The molecule has 1 fully saturated rings. The van der Waals surface area contributed by atoms with Gasteiger partial charge in [-0.15, -0.1) is 0 Å². The van der Waals surface area contributed by atoms with Crippen LogP contribution in [0.3, 0.4) is 0 Å². The van der Waals surface area contributed by atoms with Gasteiger partial charge in [0, 0.05) is 32.7 Å². The first-order chi connectivity index (χ1) is 14.6. The van der Waals surface area contributed by atoms with Crippen molar-refractivity contribution in [1.29, 1.82) is 0 Å². The number of nitrogens with zero attached hydrogens (tertiary/aromatic N) is 3. The first-order valence-corrected chi connectivity index (χ1v) is 10.1. The number of piperazine rings is 1. The van der Waals surface area contributed by atoms with E-state index in [0.29, 0.717) is 62.4 Å². The summed E-state index contributed by atoms with van der Waals surface area (Å²) < 4.78 is 12.9. The van der Waals surface area contributed by atoms with E-state index in [-0.39, 0.29) is 17.4 Å². The molecule has 3 aromatic rings. The molecule has 0 spiro atoms. The molecule has 2 amide bonds. The van der Waals surface area contributed by atoms with Crippen molar-refractivity contribution in [2.75, 3.05) is 32.7 Å². The third-order valence-electron chi connectivity index (χ3n) is 5.30. The van der Waals surface area contributed by atoms with Crippen LogP contribution in [0.2, 0.25) is 0 Å². The highest BCUT2D eigenvalue weighted by atomic mass is 19.1. The van der Waals surface area contributed by atoms with Gasteiger partial charge >= 0.3 is 6.03 Å². The SMILES string of the molecule is O=C(NCCc1ccc(F)cc1)N1CCN(Cc2nc3ccccc3c(=O)[nH]2)CC1. The number of benzene rings is 2. The van der Waals surface area contributed by atoms with Crippen molar-refractivity contribution in [2.45, 2.75) is 13.0 Å². The first kappa shape index (κ1) is 20.0. The number of halogens is 1. The highest BCUT2D eigenvalue weighted by molar-refractivity contribution is 5.77. The lowest BCUT2D eigenvalue weighted by Gasteiger charge is -2.34. The minimum absolute atomic E-state index is 0.0889. The lowest BCUT2D eigenvalue weighted by molar-refractivity contribution is 0.133. The molecule has 7 nitrogen and oxygen atoms in total. The largest absolute Gasteiger partial charge is 0.338 e. The number of aromatic amines is 1. The van der Waals surface area contributed by atoms with Crippen LogP contribution in [0.4, 0.5) is 9.18 Å². The Morgan fingerprint density at radius 2 is 1.80 bits per heavy atom. The van der Waals surface area contributed by atoms with Gasteiger partial charge in [-0.25, -0.2) is 14.2 Å². The van der Waals surface area contributed by atoms with Gasteiger partial charge in [0.25, 0.3) is 5.56 Å². The van der Waals surface area contributed by atoms with Crippen molar-refractivity contribution >= 4 is 16.9 Å². The highest BCUT2D eigenvalue weighted by Gasteiger charge is 2.21. The van der Waals surface area contributed by atoms with Gasteiger partial charge in [0.05, 0.1) is 17.4 Å². The molecule has 1 aliphatic rings. The predicted molar refractivity (Wildman–Crippen MR) is 113 cm³/mol. The number of para-hydroxylation sites is 1. The number of urea groups is 1. The maximum Gasteiger partial charge on any atom is 0.317 e. The Morgan fingerprint density at radius 1 is 1.07 bits per heavy atom. The van der Waals surface area contributed by atoms with Crippen molar-refractivity contribution in [3.8, 4) is 0 Å². The van der Waals surface area contributed by atoms with E-state index in [0.717, 1.165) is 5.56 Å². The molecular formula is C22H24FN5O2. The molecule has 30 heavy (non-hydrogen) atoms. The second kappa shape index (κ2) is 9.04. The molecule has 0 unspecified atom stereocenters. The number of H-pyrrole nitrogens is 1. The number of amides is 2. The fourth-order valence-electron chi connectivity index (χ4n) is 3.61. The summed E-state index contributed by atoms with van der Waals surface area (Å²) in [5.74, 6) is 0.375. The molecule has 156 valence electrons. The molecule has 1 aliphatic heterocycles. The van der Waals surface area contributed by atoms with Gasteiger partial charge in [-0.2, -0.15) is 0 Å². The molecule has 0 bridgehead atoms. The number of nitrogens with one attached hydrogen (secondary N) is 2. The van der Waals surface area contributed by atoms with E-state index in [1.165, 1.54) is 12.1 Å². The predicted octanol–water partition coefficient (Wildman–Crippen LogP) is 2.13. The summed E-state index contributed by atoms with van der Waals surface area (Å²) >= 11 is 0. The molecule has 4 rings (SSSR count). The van der Waals surface area contributed by atoms with Gasteiger partial charge in [-0.05, 0) is 36.2 Å². The zero-order chi connectivity index (χ0) is 20.9. The second-order valence-corrected chi connectivity index (χ2v) is 7.40. The van der Waals surface area contributed by atoms with Crippen LogP contribution in [0, 0.1) is 5.82 Å². The van der Waals surface area contributed by atoms with E-state index >= 15 is 0 Å². The number of rotatable bonds is 5. The Morgan fingerprint density at radius 3 is 2.57 bits per heavy atom. The fourth-order valence-corrected chi connectivity index (χ4v) is 3.61. The number of hydrogen-bond donors (Lipinski definition) is 2. The quantitative estimate of drug-likeness (QED) is 0.677. The Balaban J connectivity index is 1.25. The molecule has 0 radical (unpaired) electrons. The van der Waals surface area contributed by atoms with Gasteiger partial charge in [0.2, 0.25) is 0 Å². The molecule has 1 saturated heterocycles. The minimum Gasteiger partial charge on any atom is -0.338 e. The molecular weight excluding hydrogens is 385 g/mol. The van der Waals surface area contributed by atoms with Crippen LogP contribution in [-0.2, 0) is 13.0 Å². The monoisotopic (exact) mass is 409 g/mol. The summed E-state index contributed by atoms with van der Waals surface area (Å²) in [6.07, 6.45) is 0.660. The first-order valence-electron chi connectivity index (χ1n) is 10.1. The van der Waals surface area contributed by atoms with Crippen molar-refractivity contribution in [2.24, 2.45) is 0 Å². The zero-order valence-corrected chi connectivity index (χ0v) is 16.6. The minimum atomic E-state index is -0.261. The van der Waals surface area contributed by atoms with Gasteiger partial charge < -0.3 is 15.2 Å².